The van der Waals surface area contributed by atoms with E-state index in [-0.39, 0.29) is 12.4 Å². The van der Waals surface area contributed by atoms with Crippen LogP contribution in [0.5, 0.6) is 0 Å². The standard InChI is InChI=1S/C2H6N2S.ClH/c1-5-2-4-3;/h5H,3H2,1H3;1H. The van der Waals surface area contributed by atoms with Gasteiger partial charge in [-0.05, 0) is 6.26 Å². The van der Waals surface area contributed by atoms with Crippen molar-refractivity contribution in [3.8, 4) is 0 Å². The molecule has 0 unspecified atom stereocenters. The van der Waals surface area contributed by atoms with E-state index in [0.29, 0.717) is 0 Å². The van der Waals surface area contributed by atoms with E-state index in [1.807, 2.05) is 6.26 Å². The van der Waals surface area contributed by atoms with Crippen molar-refractivity contribution in [3.05, 3.63) is 0 Å². The Hall–Kier alpha value is 0.0200. The maximum atomic E-state index is 4.65. The van der Waals surface area contributed by atoms with Crippen LogP contribution < -0.4 is 5.84 Å². The molecule has 0 heterocycles. The number of nitrogens with two attached hydrogens (primary N) is 1. The van der Waals surface area contributed by atoms with Crippen molar-refractivity contribution in [3.63, 3.8) is 0 Å². The molecular formula is C2H7ClN2S. The first-order valence-corrected chi connectivity index (χ1v) is 2.49. The number of nitrogens with zero attached hydrogens (tertiary/aromatic N) is 1. The molecule has 0 saturated heterocycles. The molecular weight excluding hydrogens is 120 g/mol. The van der Waals surface area contributed by atoms with Crippen molar-refractivity contribution in [2.45, 2.75) is 0 Å². The molecule has 0 aromatic rings. The second kappa shape index (κ2) is 8.89. The molecule has 2 nitrogen and oxygen atoms in total. The number of isothiocyanates is 1. The summed E-state index contributed by atoms with van der Waals surface area (Å²) in [5.74, 6) is 4.65. The largest absolute Gasteiger partial charge is 0.315 e. The molecule has 38 valence electrons. The maximum absolute atomic E-state index is 4.65. The first-order valence-electron chi connectivity index (χ1n) is 1.15. The molecule has 0 rings (SSSR count). The van der Waals surface area contributed by atoms with Crippen molar-refractivity contribution < 1.29 is 0 Å². The Morgan fingerprint density at radius 3 is 2.33 bits per heavy atom. The fraction of sp³-hybridized carbons (Fsp3) is 0.500. The topological polar surface area (TPSA) is 38.4 Å². The summed E-state index contributed by atoms with van der Waals surface area (Å²) in [6.07, 6.45) is 1.90. The van der Waals surface area contributed by atoms with Gasteiger partial charge in [0, 0.05) is 5.16 Å². The second-order valence-corrected chi connectivity index (χ2v) is 1.10. The molecule has 0 spiro atoms. The maximum Gasteiger partial charge on any atom is 0.0347 e. The zero-order valence-corrected chi connectivity index (χ0v) is 5.09. The Kier molecular flexibility index (Phi) is 13.9. The third-order valence-corrected chi connectivity index (χ3v) is 0.473. The van der Waals surface area contributed by atoms with Gasteiger partial charge in [0.05, 0.1) is 0 Å². The van der Waals surface area contributed by atoms with Crippen molar-refractivity contribution in [1.29, 1.82) is 0 Å². The molecule has 2 N–H and O–H groups in total. The first kappa shape index (κ1) is 9.39. The Bertz CT molecular complexity index is 59.9. The van der Waals surface area contributed by atoms with Gasteiger partial charge in [0.15, 0.2) is 0 Å². The minimum atomic E-state index is 0. The number of halogens is 1. The van der Waals surface area contributed by atoms with E-state index in [1.165, 1.54) is 0 Å². The predicted molar refractivity (Wildman–Crippen MR) is 33.8 cm³/mol. The second-order valence-electron chi connectivity index (χ2n) is 0.453. The number of hydrogen-bond donors (Lipinski definition) is 2. The van der Waals surface area contributed by atoms with Crippen LogP contribution in [0.2, 0.25) is 0 Å². The van der Waals surface area contributed by atoms with E-state index in [0.717, 1.165) is 11.4 Å². The zero-order valence-electron chi connectivity index (χ0n) is 3.38. The van der Waals surface area contributed by atoms with Crippen LogP contribution >= 0.6 is 23.8 Å². The highest BCUT2D eigenvalue weighted by Gasteiger charge is 1.33. The monoisotopic (exact) mass is 126 g/mol. The van der Waals surface area contributed by atoms with Crippen LogP contribution in [-0.2, 0) is 0 Å². The van der Waals surface area contributed by atoms with Gasteiger partial charge in [0.1, 0.15) is 0 Å². The van der Waals surface area contributed by atoms with Gasteiger partial charge in [0.2, 0.25) is 0 Å². The average Bonchev–Trinajstić information content (AvgIpc) is 1.41. The molecule has 0 aromatic heterocycles. The van der Waals surface area contributed by atoms with Crippen LogP contribution in [-0.4, -0.2) is 11.4 Å². The van der Waals surface area contributed by atoms with E-state index in [9.17, 15) is 0 Å². The van der Waals surface area contributed by atoms with Gasteiger partial charge in [0.25, 0.3) is 0 Å². The van der Waals surface area contributed by atoms with Gasteiger partial charge in [-0.1, -0.05) is 0 Å². The summed E-state index contributed by atoms with van der Waals surface area (Å²) in [6.45, 7) is 0. The number of hydrazone groups is 1. The fourth-order valence-electron chi connectivity index (χ4n) is 0.0577. The van der Waals surface area contributed by atoms with Gasteiger partial charge in [-0.2, -0.15) is 0 Å². The van der Waals surface area contributed by atoms with E-state index >= 15 is 0 Å². The predicted octanol–water partition coefficient (Wildman–Crippen LogP) is 0.283. The molecule has 0 amide bonds. The highest BCUT2D eigenvalue weighted by molar-refractivity contribution is 7.96. The van der Waals surface area contributed by atoms with Gasteiger partial charge in [-0.3, -0.25) is 0 Å². The van der Waals surface area contributed by atoms with E-state index < -0.39 is 0 Å². The number of hydrogen-bond acceptors (Lipinski definition) is 2. The molecule has 0 atom stereocenters. The summed E-state index contributed by atoms with van der Waals surface area (Å²) in [5.41, 5.74) is 0. The van der Waals surface area contributed by atoms with Crippen LogP contribution in [0.1, 0.15) is 0 Å². The van der Waals surface area contributed by atoms with Crippen molar-refractivity contribution in [2.75, 3.05) is 6.26 Å². The highest BCUT2D eigenvalue weighted by Crippen LogP contribution is 1.58. The van der Waals surface area contributed by atoms with E-state index in [1.54, 1.807) is 0 Å². The zero-order chi connectivity index (χ0) is 4.12. The van der Waals surface area contributed by atoms with E-state index in [4.69, 9.17) is 0 Å². The minimum absolute atomic E-state index is 0. The van der Waals surface area contributed by atoms with E-state index in [2.05, 4.69) is 16.1 Å². The lowest BCUT2D eigenvalue weighted by Crippen LogP contribution is -1.71. The fourth-order valence-corrected chi connectivity index (χ4v) is 0.173. The van der Waals surface area contributed by atoms with Crippen LogP contribution in [0.25, 0.3) is 0 Å². The molecule has 0 radical (unpaired) electrons. The summed E-state index contributed by atoms with van der Waals surface area (Å²) >= 11 is 0.988. The molecule has 4 heteroatoms. The van der Waals surface area contributed by atoms with Gasteiger partial charge >= 0.3 is 0 Å². The van der Waals surface area contributed by atoms with Gasteiger partial charge in [-0.15, -0.1) is 28.9 Å². The van der Waals surface area contributed by atoms with Crippen LogP contribution in [0.15, 0.2) is 5.10 Å². The SMILES string of the molecule is C[SH]=C=NN.Cl. The molecule has 6 heavy (non-hydrogen) atoms. The first-order chi connectivity index (χ1) is 2.41. The molecule has 0 aromatic carbocycles. The third-order valence-electron chi connectivity index (χ3n) is 0.158. The van der Waals surface area contributed by atoms with Gasteiger partial charge < -0.3 is 5.84 Å². The highest BCUT2D eigenvalue weighted by atomic mass is 35.5. The van der Waals surface area contributed by atoms with Gasteiger partial charge in [-0.25, -0.2) is 0 Å². The lowest BCUT2D eigenvalue weighted by atomic mass is 11.7. The van der Waals surface area contributed by atoms with Crippen LogP contribution in [0.3, 0.4) is 0 Å². The summed E-state index contributed by atoms with van der Waals surface area (Å²) in [7, 11) is 0. The minimum Gasteiger partial charge on any atom is -0.315 e. The van der Waals surface area contributed by atoms with Crippen molar-refractivity contribution in [2.24, 2.45) is 10.9 Å². The van der Waals surface area contributed by atoms with Crippen molar-refractivity contribution in [1.82, 2.24) is 0 Å². The quantitative estimate of drug-likeness (QED) is 0.158. The molecule has 0 aliphatic heterocycles. The lowest BCUT2D eigenvalue weighted by Gasteiger charge is -1.53. The third kappa shape index (κ3) is 8.99. The Labute approximate surface area is 46.8 Å². The Morgan fingerprint density at radius 2 is 2.33 bits per heavy atom. The smallest absolute Gasteiger partial charge is 0.0347 e. The summed E-state index contributed by atoms with van der Waals surface area (Å²) in [5, 5.41) is 5.58. The average molecular weight is 127 g/mol. The summed E-state index contributed by atoms with van der Waals surface area (Å²) in [6, 6.07) is 0. The molecule has 0 aliphatic carbocycles. The summed E-state index contributed by atoms with van der Waals surface area (Å²) in [4.78, 5) is 0. The van der Waals surface area contributed by atoms with Crippen molar-refractivity contribution >= 4 is 28.9 Å². The number of rotatable bonds is 0. The normalized spacial score (nSPS) is 4.83. The number of thiol groups is 1. The van der Waals surface area contributed by atoms with Crippen LogP contribution in [0, 0.1) is 0 Å². The Morgan fingerprint density at radius 1 is 1.83 bits per heavy atom. The lowest BCUT2D eigenvalue weighted by molar-refractivity contribution is 1.28. The van der Waals surface area contributed by atoms with Crippen LogP contribution in [0.4, 0.5) is 0 Å². The molecule has 0 aliphatic rings. The summed E-state index contributed by atoms with van der Waals surface area (Å²) < 4.78 is 0. The molecule has 0 saturated carbocycles. The molecule has 0 fully saturated rings. The Balaban J connectivity index is 0. The molecule has 0 bridgehead atoms.